The summed E-state index contributed by atoms with van der Waals surface area (Å²) in [6.07, 6.45) is 0.149. The van der Waals surface area contributed by atoms with Crippen molar-refractivity contribution in [3.8, 4) is 0 Å². The highest BCUT2D eigenvalue weighted by Crippen LogP contribution is 2.15. The first-order chi connectivity index (χ1) is 7.11. The van der Waals surface area contributed by atoms with Crippen LogP contribution in [0.25, 0.3) is 0 Å². The Balaban J connectivity index is 2.54. The average molecular weight is 271 g/mol. The third kappa shape index (κ3) is 3.71. The molecule has 4 nitrogen and oxygen atoms in total. The molecule has 0 aliphatic carbocycles. The summed E-state index contributed by atoms with van der Waals surface area (Å²) in [5.74, 6) is -0.647. The van der Waals surface area contributed by atoms with Crippen LogP contribution in [0.1, 0.15) is 16.8 Å². The molecule has 1 aromatic rings. The van der Waals surface area contributed by atoms with Gasteiger partial charge in [-0.25, -0.2) is 0 Å². The van der Waals surface area contributed by atoms with Crippen molar-refractivity contribution in [1.29, 1.82) is 0 Å². The van der Waals surface area contributed by atoms with Crippen LogP contribution in [0.5, 0.6) is 0 Å². The Labute approximate surface area is 96.0 Å². The standard InChI is InChI=1S/C10H11BrN2O2/c11-8-4-2-1-3-7(8)10(15)13-6-5-9(12)14/h1-4H,5-6H2,(H2,12,14)(H,13,15). The molecule has 80 valence electrons. The van der Waals surface area contributed by atoms with Crippen molar-refractivity contribution in [2.45, 2.75) is 6.42 Å². The van der Waals surface area contributed by atoms with Crippen LogP contribution in [-0.2, 0) is 4.79 Å². The lowest BCUT2D eigenvalue weighted by Gasteiger charge is -2.05. The molecule has 2 amide bonds. The van der Waals surface area contributed by atoms with Crippen LogP contribution in [-0.4, -0.2) is 18.4 Å². The molecule has 0 saturated carbocycles. The molecule has 0 atom stereocenters. The number of hydrogen-bond donors (Lipinski definition) is 2. The normalized spacial score (nSPS) is 9.67. The van der Waals surface area contributed by atoms with Gasteiger partial charge >= 0.3 is 0 Å². The van der Waals surface area contributed by atoms with Gasteiger partial charge in [0.1, 0.15) is 0 Å². The van der Waals surface area contributed by atoms with E-state index in [9.17, 15) is 9.59 Å². The summed E-state index contributed by atoms with van der Waals surface area (Å²) < 4.78 is 0.724. The Hall–Kier alpha value is -1.36. The molecule has 0 aliphatic heterocycles. The predicted molar refractivity (Wildman–Crippen MR) is 60.3 cm³/mol. The van der Waals surface area contributed by atoms with Crippen molar-refractivity contribution < 1.29 is 9.59 Å². The molecular formula is C10H11BrN2O2. The second kappa shape index (κ2) is 5.50. The number of primary amides is 1. The average Bonchev–Trinajstić information content (AvgIpc) is 2.17. The molecule has 15 heavy (non-hydrogen) atoms. The molecule has 5 heteroatoms. The lowest BCUT2D eigenvalue weighted by atomic mass is 10.2. The molecule has 0 heterocycles. The predicted octanol–water partition coefficient (Wildman–Crippen LogP) is 1.05. The van der Waals surface area contributed by atoms with Crippen molar-refractivity contribution in [1.82, 2.24) is 5.32 Å². The maximum Gasteiger partial charge on any atom is 0.252 e. The molecule has 0 spiro atoms. The summed E-state index contributed by atoms with van der Waals surface area (Å²) in [6, 6.07) is 7.07. The zero-order valence-corrected chi connectivity index (χ0v) is 9.58. The second-order valence-electron chi connectivity index (χ2n) is 2.95. The van der Waals surface area contributed by atoms with Gasteiger partial charge in [-0.2, -0.15) is 0 Å². The zero-order valence-electron chi connectivity index (χ0n) is 8.00. The highest BCUT2D eigenvalue weighted by atomic mass is 79.9. The number of rotatable bonds is 4. The monoisotopic (exact) mass is 270 g/mol. The summed E-state index contributed by atoms with van der Waals surface area (Å²) >= 11 is 3.27. The van der Waals surface area contributed by atoms with Crippen molar-refractivity contribution in [3.63, 3.8) is 0 Å². The molecule has 0 aromatic heterocycles. The quantitative estimate of drug-likeness (QED) is 0.859. The maximum absolute atomic E-state index is 11.6. The Bertz CT molecular complexity index is 379. The number of halogens is 1. The minimum absolute atomic E-state index is 0.149. The highest BCUT2D eigenvalue weighted by molar-refractivity contribution is 9.10. The maximum atomic E-state index is 11.6. The Morgan fingerprint density at radius 1 is 1.33 bits per heavy atom. The first kappa shape index (κ1) is 11.7. The van der Waals surface area contributed by atoms with Gasteiger partial charge in [0, 0.05) is 17.4 Å². The number of benzene rings is 1. The van der Waals surface area contributed by atoms with E-state index in [0.29, 0.717) is 5.56 Å². The molecule has 0 fully saturated rings. The van der Waals surface area contributed by atoms with Crippen LogP contribution in [0.3, 0.4) is 0 Å². The molecule has 1 rings (SSSR count). The topological polar surface area (TPSA) is 72.2 Å². The number of carbonyl (C=O) groups excluding carboxylic acids is 2. The highest BCUT2D eigenvalue weighted by Gasteiger charge is 2.08. The van der Waals surface area contributed by atoms with Gasteiger partial charge in [-0.15, -0.1) is 0 Å². The van der Waals surface area contributed by atoms with Gasteiger partial charge in [0.15, 0.2) is 0 Å². The van der Waals surface area contributed by atoms with E-state index in [1.54, 1.807) is 18.2 Å². The number of nitrogens with one attached hydrogen (secondary N) is 1. The van der Waals surface area contributed by atoms with E-state index < -0.39 is 5.91 Å². The number of nitrogens with two attached hydrogens (primary N) is 1. The summed E-state index contributed by atoms with van der Waals surface area (Å²) in [5.41, 5.74) is 5.49. The smallest absolute Gasteiger partial charge is 0.252 e. The zero-order chi connectivity index (χ0) is 11.3. The van der Waals surface area contributed by atoms with E-state index in [1.165, 1.54) is 0 Å². The minimum Gasteiger partial charge on any atom is -0.370 e. The largest absolute Gasteiger partial charge is 0.370 e. The molecule has 3 N–H and O–H groups in total. The summed E-state index contributed by atoms with van der Waals surface area (Å²) in [5, 5.41) is 2.60. The van der Waals surface area contributed by atoms with Gasteiger partial charge in [-0.05, 0) is 28.1 Å². The molecule has 0 aliphatic rings. The van der Waals surface area contributed by atoms with Gasteiger partial charge in [0.2, 0.25) is 5.91 Å². The number of amides is 2. The van der Waals surface area contributed by atoms with E-state index in [1.807, 2.05) is 6.07 Å². The van der Waals surface area contributed by atoms with E-state index in [2.05, 4.69) is 21.2 Å². The lowest BCUT2D eigenvalue weighted by molar-refractivity contribution is -0.117. The molecule has 0 saturated heterocycles. The summed E-state index contributed by atoms with van der Waals surface area (Å²) in [6.45, 7) is 0.259. The fourth-order valence-electron chi connectivity index (χ4n) is 1.04. The first-order valence-corrected chi connectivity index (χ1v) is 5.21. The van der Waals surface area contributed by atoms with Crippen LogP contribution in [0.2, 0.25) is 0 Å². The Morgan fingerprint density at radius 2 is 2.00 bits per heavy atom. The van der Waals surface area contributed by atoms with E-state index in [-0.39, 0.29) is 18.9 Å². The molecule has 1 aromatic carbocycles. The Kier molecular flexibility index (Phi) is 4.30. The SMILES string of the molecule is NC(=O)CCNC(=O)c1ccccc1Br. The van der Waals surface area contributed by atoms with Crippen molar-refractivity contribution in [2.75, 3.05) is 6.54 Å². The van der Waals surface area contributed by atoms with Gasteiger partial charge in [-0.3, -0.25) is 9.59 Å². The van der Waals surface area contributed by atoms with E-state index >= 15 is 0 Å². The fraction of sp³-hybridized carbons (Fsp3) is 0.200. The summed E-state index contributed by atoms with van der Waals surface area (Å²) in [7, 11) is 0. The van der Waals surface area contributed by atoms with Crippen molar-refractivity contribution in [3.05, 3.63) is 34.3 Å². The van der Waals surface area contributed by atoms with Gasteiger partial charge < -0.3 is 11.1 Å². The van der Waals surface area contributed by atoms with Crippen LogP contribution in [0, 0.1) is 0 Å². The van der Waals surface area contributed by atoms with Crippen LogP contribution < -0.4 is 11.1 Å². The Morgan fingerprint density at radius 3 is 2.60 bits per heavy atom. The van der Waals surface area contributed by atoms with Crippen molar-refractivity contribution in [2.24, 2.45) is 5.73 Å². The number of carbonyl (C=O) groups is 2. The molecule has 0 unspecified atom stereocenters. The van der Waals surface area contributed by atoms with Crippen LogP contribution in [0.4, 0.5) is 0 Å². The van der Waals surface area contributed by atoms with Gasteiger partial charge in [0.25, 0.3) is 5.91 Å². The molecule has 0 bridgehead atoms. The van der Waals surface area contributed by atoms with Crippen LogP contribution in [0.15, 0.2) is 28.7 Å². The molecule has 0 radical (unpaired) electrons. The number of hydrogen-bond acceptors (Lipinski definition) is 2. The van der Waals surface area contributed by atoms with Crippen LogP contribution >= 0.6 is 15.9 Å². The van der Waals surface area contributed by atoms with Gasteiger partial charge in [-0.1, -0.05) is 12.1 Å². The third-order valence-corrected chi connectivity index (χ3v) is 2.47. The third-order valence-electron chi connectivity index (χ3n) is 1.78. The summed E-state index contributed by atoms with van der Waals surface area (Å²) in [4.78, 5) is 22.0. The minimum atomic E-state index is -0.428. The van der Waals surface area contributed by atoms with Crippen molar-refractivity contribution >= 4 is 27.7 Å². The van der Waals surface area contributed by atoms with E-state index in [0.717, 1.165) is 4.47 Å². The lowest BCUT2D eigenvalue weighted by Crippen LogP contribution is -2.28. The second-order valence-corrected chi connectivity index (χ2v) is 3.81. The first-order valence-electron chi connectivity index (χ1n) is 4.42. The van der Waals surface area contributed by atoms with Gasteiger partial charge in [0.05, 0.1) is 5.56 Å². The van der Waals surface area contributed by atoms with E-state index in [4.69, 9.17) is 5.73 Å². The fourth-order valence-corrected chi connectivity index (χ4v) is 1.50. The molecular weight excluding hydrogens is 260 g/mol.